The summed E-state index contributed by atoms with van der Waals surface area (Å²) in [6.45, 7) is 1.65. The van der Waals surface area contributed by atoms with E-state index in [9.17, 15) is 13.2 Å². The largest absolute Gasteiger partial charge is 0.311 e. The number of nitrogens with one attached hydrogen (secondary N) is 1. The van der Waals surface area contributed by atoms with Gasteiger partial charge in [-0.3, -0.25) is 4.79 Å². The van der Waals surface area contributed by atoms with Crippen molar-refractivity contribution in [3.05, 3.63) is 29.8 Å². The topological polar surface area (TPSA) is 93.5 Å². The number of anilines is 1. The third-order valence-electron chi connectivity index (χ3n) is 2.77. The fraction of sp³-hybridized carbons (Fsp3) is 0.385. The molecule has 0 fully saturated rings. The summed E-state index contributed by atoms with van der Waals surface area (Å²) in [6, 6.07) is 8.59. The number of benzene rings is 1. The highest BCUT2D eigenvalue weighted by Crippen LogP contribution is 2.15. The van der Waals surface area contributed by atoms with E-state index in [0.717, 1.165) is 4.31 Å². The highest BCUT2D eigenvalue weighted by Gasteiger charge is 2.15. The SMILES string of the molecule is CC(=O)N(CCNS(=O)(=O)N(C)C)c1cccc(C#N)c1. The monoisotopic (exact) mass is 310 g/mol. The predicted octanol–water partition coefficient (Wildman–Crippen LogP) is 0.307. The summed E-state index contributed by atoms with van der Waals surface area (Å²) in [6.07, 6.45) is 0. The molecular weight excluding hydrogens is 292 g/mol. The molecule has 0 aromatic heterocycles. The zero-order chi connectivity index (χ0) is 16.0. The van der Waals surface area contributed by atoms with Gasteiger partial charge in [-0.2, -0.15) is 18.0 Å². The van der Waals surface area contributed by atoms with Gasteiger partial charge in [0.1, 0.15) is 0 Å². The number of carbonyl (C=O) groups excluding carboxylic acids is 1. The Balaban J connectivity index is 2.80. The molecule has 7 nitrogen and oxygen atoms in total. The van der Waals surface area contributed by atoms with Gasteiger partial charge in [0.05, 0.1) is 11.6 Å². The van der Waals surface area contributed by atoms with Crippen molar-refractivity contribution in [2.45, 2.75) is 6.92 Å². The van der Waals surface area contributed by atoms with Crippen LogP contribution < -0.4 is 9.62 Å². The second-order valence-corrected chi connectivity index (χ2v) is 6.48. The van der Waals surface area contributed by atoms with Gasteiger partial charge in [0, 0.05) is 39.8 Å². The molecule has 1 rings (SSSR count). The fourth-order valence-corrected chi connectivity index (χ4v) is 2.23. The van der Waals surface area contributed by atoms with Gasteiger partial charge in [-0.25, -0.2) is 4.72 Å². The fourth-order valence-electron chi connectivity index (χ4n) is 1.63. The van der Waals surface area contributed by atoms with Crippen LogP contribution in [0.15, 0.2) is 24.3 Å². The quantitative estimate of drug-likeness (QED) is 0.818. The van der Waals surface area contributed by atoms with Crippen molar-refractivity contribution >= 4 is 21.8 Å². The van der Waals surface area contributed by atoms with Crippen LogP contribution in [0, 0.1) is 11.3 Å². The van der Waals surface area contributed by atoms with Crippen LogP contribution in [0.2, 0.25) is 0 Å². The Labute approximate surface area is 125 Å². The van der Waals surface area contributed by atoms with Crippen LogP contribution in [0.3, 0.4) is 0 Å². The van der Waals surface area contributed by atoms with Crippen LogP contribution in [0.25, 0.3) is 0 Å². The summed E-state index contributed by atoms with van der Waals surface area (Å²) in [5.74, 6) is -0.228. The number of amides is 1. The Morgan fingerprint density at radius 2 is 2.05 bits per heavy atom. The Morgan fingerprint density at radius 3 is 2.57 bits per heavy atom. The molecule has 0 spiro atoms. The Kier molecular flexibility index (Phi) is 5.84. The number of rotatable bonds is 6. The van der Waals surface area contributed by atoms with E-state index in [2.05, 4.69) is 4.72 Å². The van der Waals surface area contributed by atoms with Crippen LogP contribution in [0.1, 0.15) is 12.5 Å². The Hall–Kier alpha value is -1.95. The first-order chi connectivity index (χ1) is 9.77. The van der Waals surface area contributed by atoms with Crippen molar-refractivity contribution in [2.24, 2.45) is 0 Å². The molecule has 8 heteroatoms. The number of nitrogens with zero attached hydrogens (tertiary/aromatic N) is 3. The minimum Gasteiger partial charge on any atom is -0.311 e. The van der Waals surface area contributed by atoms with Gasteiger partial charge in [-0.05, 0) is 18.2 Å². The van der Waals surface area contributed by atoms with Crippen LogP contribution in [0.4, 0.5) is 5.69 Å². The lowest BCUT2D eigenvalue weighted by Gasteiger charge is -2.22. The third kappa shape index (κ3) is 4.82. The van der Waals surface area contributed by atoms with E-state index in [4.69, 9.17) is 5.26 Å². The van der Waals surface area contributed by atoms with Gasteiger partial charge >= 0.3 is 0 Å². The van der Waals surface area contributed by atoms with Gasteiger partial charge in [-0.15, -0.1) is 0 Å². The van der Waals surface area contributed by atoms with E-state index in [1.165, 1.54) is 25.9 Å². The zero-order valence-corrected chi connectivity index (χ0v) is 13.0. The van der Waals surface area contributed by atoms with Crippen LogP contribution in [0.5, 0.6) is 0 Å². The van der Waals surface area contributed by atoms with E-state index in [-0.39, 0.29) is 19.0 Å². The molecule has 1 N–H and O–H groups in total. The van der Waals surface area contributed by atoms with E-state index >= 15 is 0 Å². The summed E-state index contributed by atoms with van der Waals surface area (Å²) in [5, 5.41) is 8.88. The molecule has 0 saturated heterocycles. The molecule has 0 radical (unpaired) electrons. The van der Waals surface area contributed by atoms with Crippen molar-refractivity contribution in [3.8, 4) is 6.07 Å². The second-order valence-electron chi connectivity index (χ2n) is 4.51. The maximum absolute atomic E-state index is 11.7. The lowest BCUT2D eigenvalue weighted by Crippen LogP contribution is -2.41. The minimum absolute atomic E-state index is 0.0802. The molecule has 0 saturated carbocycles. The molecule has 0 heterocycles. The average molecular weight is 310 g/mol. The first-order valence-electron chi connectivity index (χ1n) is 6.23. The number of carbonyl (C=O) groups is 1. The first-order valence-corrected chi connectivity index (χ1v) is 7.67. The van der Waals surface area contributed by atoms with Gasteiger partial charge < -0.3 is 4.90 Å². The van der Waals surface area contributed by atoms with Crippen molar-refractivity contribution < 1.29 is 13.2 Å². The van der Waals surface area contributed by atoms with Crippen LogP contribution in [-0.4, -0.2) is 45.8 Å². The van der Waals surface area contributed by atoms with E-state index < -0.39 is 10.2 Å². The lowest BCUT2D eigenvalue weighted by atomic mass is 10.2. The van der Waals surface area contributed by atoms with E-state index in [0.29, 0.717) is 11.3 Å². The van der Waals surface area contributed by atoms with Gasteiger partial charge in [0.2, 0.25) is 5.91 Å². The normalized spacial score (nSPS) is 11.2. The maximum atomic E-state index is 11.7. The predicted molar refractivity (Wildman–Crippen MR) is 79.8 cm³/mol. The summed E-state index contributed by atoms with van der Waals surface area (Å²) in [4.78, 5) is 13.1. The summed E-state index contributed by atoms with van der Waals surface area (Å²) in [5.41, 5.74) is 0.998. The first kappa shape index (κ1) is 17.1. The molecule has 114 valence electrons. The molecule has 0 atom stereocenters. The standard InChI is InChI=1S/C13H18N4O3S/c1-11(18)17(8-7-15-21(19,20)16(2)3)13-6-4-5-12(9-13)10-14/h4-6,9,15H,7-8H2,1-3H3. The molecular formula is C13H18N4O3S. The smallest absolute Gasteiger partial charge is 0.278 e. The molecule has 0 aliphatic carbocycles. The van der Waals surface area contributed by atoms with E-state index in [1.807, 2.05) is 6.07 Å². The summed E-state index contributed by atoms with van der Waals surface area (Å²) in [7, 11) is -0.685. The molecule has 0 bridgehead atoms. The zero-order valence-electron chi connectivity index (χ0n) is 12.2. The van der Waals surface area contributed by atoms with Crippen LogP contribution >= 0.6 is 0 Å². The number of nitriles is 1. The van der Waals surface area contributed by atoms with Crippen LogP contribution in [-0.2, 0) is 15.0 Å². The van der Waals surface area contributed by atoms with Crippen molar-refractivity contribution in [1.82, 2.24) is 9.03 Å². The van der Waals surface area contributed by atoms with Gasteiger partial charge in [0.15, 0.2) is 0 Å². The third-order valence-corrected chi connectivity index (χ3v) is 4.30. The minimum atomic E-state index is -3.52. The Morgan fingerprint density at radius 1 is 1.38 bits per heavy atom. The molecule has 1 aromatic carbocycles. The van der Waals surface area contributed by atoms with E-state index in [1.54, 1.807) is 24.3 Å². The lowest BCUT2D eigenvalue weighted by molar-refractivity contribution is -0.116. The van der Waals surface area contributed by atoms with Gasteiger partial charge in [0.25, 0.3) is 10.2 Å². The highest BCUT2D eigenvalue weighted by atomic mass is 32.2. The highest BCUT2D eigenvalue weighted by molar-refractivity contribution is 7.87. The summed E-state index contributed by atoms with van der Waals surface area (Å²) >= 11 is 0. The maximum Gasteiger partial charge on any atom is 0.278 e. The second kappa shape index (κ2) is 7.17. The molecule has 0 unspecified atom stereocenters. The number of hydrogen-bond acceptors (Lipinski definition) is 4. The molecule has 1 amide bonds. The van der Waals surface area contributed by atoms with Crippen molar-refractivity contribution in [3.63, 3.8) is 0 Å². The molecule has 1 aromatic rings. The summed E-state index contributed by atoms with van der Waals surface area (Å²) < 4.78 is 26.6. The molecule has 21 heavy (non-hydrogen) atoms. The van der Waals surface area contributed by atoms with Crippen molar-refractivity contribution in [2.75, 3.05) is 32.1 Å². The Bertz CT molecular complexity index is 650. The van der Waals surface area contributed by atoms with Crippen molar-refractivity contribution in [1.29, 1.82) is 5.26 Å². The number of hydrogen-bond donors (Lipinski definition) is 1. The molecule has 0 aliphatic rings. The average Bonchev–Trinajstić information content (AvgIpc) is 2.43. The molecule has 0 aliphatic heterocycles. The van der Waals surface area contributed by atoms with Gasteiger partial charge in [-0.1, -0.05) is 6.07 Å².